The lowest BCUT2D eigenvalue weighted by Gasteiger charge is -2.22. The smallest absolute Gasteiger partial charge is 0.251 e. The number of hydrogen-bond donors (Lipinski definition) is 2. The summed E-state index contributed by atoms with van der Waals surface area (Å²) >= 11 is 0. The molecule has 1 amide bonds. The van der Waals surface area contributed by atoms with Gasteiger partial charge in [0.2, 0.25) is 0 Å². The second kappa shape index (κ2) is 7.63. The van der Waals surface area contributed by atoms with Gasteiger partial charge in [-0.3, -0.25) is 4.79 Å². The third-order valence-corrected chi connectivity index (χ3v) is 4.54. The summed E-state index contributed by atoms with van der Waals surface area (Å²) in [6, 6.07) is 7.48. The van der Waals surface area contributed by atoms with Gasteiger partial charge >= 0.3 is 0 Å². The number of hydrogen-bond acceptors (Lipinski definition) is 3. The van der Waals surface area contributed by atoms with Crippen molar-refractivity contribution >= 4 is 5.91 Å². The molecule has 3 rings (SSSR count). The van der Waals surface area contributed by atoms with E-state index in [1.807, 2.05) is 24.3 Å². The van der Waals surface area contributed by atoms with Crippen molar-refractivity contribution in [3.05, 3.63) is 29.8 Å². The molecule has 0 spiro atoms. The standard InChI is InChI=1S/C18H26N2O2/c21-18(20-11-9-14-2-1-10-19-12-14)16-5-7-17(8-6-16)22-13-15-3-4-15/h5-8,14-15,19H,1-4,9-13H2,(H,20,21). The number of carbonyl (C=O) groups is 1. The van der Waals surface area contributed by atoms with Gasteiger partial charge in [0.15, 0.2) is 0 Å². The molecule has 1 saturated heterocycles. The van der Waals surface area contributed by atoms with Crippen molar-refractivity contribution in [1.82, 2.24) is 10.6 Å². The zero-order valence-electron chi connectivity index (χ0n) is 13.1. The lowest BCUT2D eigenvalue weighted by Crippen LogP contribution is -2.33. The van der Waals surface area contributed by atoms with E-state index in [1.165, 1.54) is 25.7 Å². The van der Waals surface area contributed by atoms with Crippen LogP contribution in [-0.2, 0) is 0 Å². The Balaban J connectivity index is 1.38. The third-order valence-electron chi connectivity index (χ3n) is 4.54. The molecule has 1 atom stereocenters. The minimum absolute atomic E-state index is 0.0116. The Morgan fingerprint density at radius 1 is 1.18 bits per heavy atom. The van der Waals surface area contributed by atoms with Crippen molar-refractivity contribution in [2.75, 3.05) is 26.2 Å². The van der Waals surface area contributed by atoms with E-state index < -0.39 is 0 Å². The van der Waals surface area contributed by atoms with Crippen LogP contribution in [0.1, 0.15) is 42.5 Å². The molecule has 2 N–H and O–H groups in total. The molecule has 1 aromatic rings. The molecule has 1 heterocycles. The second-order valence-corrected chi connectivity index (χ2v) is 6.54. The highest BCUT2D eigenvalue weighted by atomic mass is 16.5. The van der Waals surface area contributed by atoms with Crippen LogP contribution in [0, 0.1) is 11.8 Å². The highest BCUT2D eigenvalue weighted by Gasteiger charge is 2.21. The van der Waals surface area contributed by atoms with Crippen molar-refractivity contribution in [2.45, 2.75) is 32.1 Å². The first kappa shape index (κ1) is 15.3. The molecule has 0 bridgehead atoms. The zero-order valence-corrected chi connectivity index (χ0v) is 13.1. The number of amides is 1. The molecule has 0 aromatic heterocycles. The summed E-state index contributed by atoms with van der Waals surface area (Å²) < 4.78 is 5.69. The van der Waals surface area contributed by atoms with Crippen LogP contribution >= 0.6 is 0 Å². The van der Waals surface area contributed by atoms with Crippen LogP contribution in [0.4, 0.5) is 0 Å². The number of ether oxygens (including phenoxy) is 1. The summed E-state index contributed by atoms with van der Waals surface area (Å²) in [5, 5.41) is 6.43. The summed E-state index contributed by atoms with van der Waals surface area (Å²) in [4.78, 5) is 12.1. The third kappa shape index (κ3) is 4.73. The second-order valence-electron chi connectivity index (χ2n) is 6.54. The molecule has 4 heteroatoms. The van der Waals surface area contributed by atoms with Crippen molar-refractivity contribution in [1.29, 1.82) is 0 Å². The maximum absolute atomic E-state index is 12.1. The first-order valence-corrected chi connectivity index (χ1v) is 8.53. The van der Waals surface area contributed by atoms with Crippen LogP contribution in [0.2, 0.25) is 0 Å². The number of nitrogens with one attached hydrogen (secondary N) is 2. The van der Waals surface area contributed by atoms with E-state index in [2.05, 4.69) is 10.6 Å². The van der Waals surface area contributed by atoms with Crippen LogP contribution < -0.4 is 15.4 Å². The van der Waals surface area contributed by atoms with E-state index in [1.54, 1.807) is 0 Å². The SMILES string of the molecule is O=C(NCCC1CCCNC1)c1ccc(OCC2CC2)cc1. The molecule has 1 aromatic carbocycles. The largest absolute Gasteiger partial charge is 0.493 e. The Hall–Kier alpha value is -1.55. The zero-order chi connectivity index (χ0) is 15.2. The molecule has 120 valence electrons. The van der Waals surface area contributed by atoms with Gasteiger partial charge in [-0.2, -0.15) is 0 Å². The average Bonchev–Trinajstić information content (AvgIpc) is 3.39. The van der Waals surface area contributed by atoms with Crippen LogP contribution in [-0.4, -0.2) is 32.1 Å². The minimum atomic E-state index is 0.0116. The van der Waals surface area contributed by atoms with Crippen LogP contribution in [0.15, 0.2) is 24.3 Å². The van der Waals surface area contributed by atoms with Crippen LogP contribution in [0.25, 0.3) is 0 Å². The van der Waals surface area contributed by atoms with Gasteiger partial charge in [0.1, 0.15) is 5.75 Å². The molecule has 4 nitrogen and oxygen atoms in total. The summed E-state index contributed by atoms with van der Waals surface area (Å²) in [5.41, 5.74) is 0.709. The van der Waals surface area contributed by atoms with E-state index in [-0.39, 0.29) is 5.91 Å². The number of benzene rings is 1. The fourth-order valence-electron chi connectivity index (χ4n) is 2.86. The summed E-state index contributed by atoms with van der Waals surface area (Å²) in [6.07, 6.45) is 6.16. The molecule has 2 aliphatic rings. The van der Waals surface area contributed by atoms with E-state index in [4.69, 9.17) is 4.74 Å². The van der Waals surface area contributed by atoms with Gasteiger partial charge in [0.25, 0.3) is 5.91 Å². The quantitative estimate of drug-likeness (QED) is 0.814. The van der Waals surface area contributed by atoms with Crippen molar-refractivity contribution in [3.8, 4) is 5.75 Å². The Bertz CT molecular complexity index is 476. The predicted octanol–water partition coefficient (Wildman–Crippen LogP) is 2.59. The van der Waals surface area contributed by atoms with Gasteiger partial charge in [0.05, 0.1) is 6.61 Å². The average molecular weight is 302 g/mol. The maximum Gasteiger partial charge on any atom is 0.251 e. The van der Waals surface area contributed by atoms with E-state index in [0.29, 0.717) is 11.5 Å². The molecule has 1 unspecified atom stereocenters. The Morgan fingerprint density at radius 2 is 2.00 bits per heavy atom. The molecule has 1 aliphatic carbocycles. The molecular weight excluding hydrogens is 276 g/mol. The summed E-state index contributed by atoms with van der Waals surface area (Å²) in [5.74, 6) is 2.32. The predicted molar refractivity (Wildman–Crippen MR) is 87.2 cm³/mol. The van der Waals surface area contributed by atoms with Gasteiger partial charge in [0, 0.05) is 12.1 Å². The van der Waals surface area contributed by atoms with Gasteiger partial charge in [-0.15, -0.1) is 0 Å². The maximum atomic E-state index is 12.1. The Morgan fingerprint density at radius 3 is 2.68 bits per heavy atom. The van der Waals surface area contributed by atoms with Crippen LogP contribution in [0.5, 0.6) is 5.75 Å². The van der Waals surface area contributed by atoms with Gasteiger partial charge < -0.3 is 15.4 Å². The summed E-state index contributed by atoms with van der Waals surface area (Å²) in [6.45, 7) is 3.78. The lowest BCUT2D eigenvalue weighted by molar-refractivity contribution is 0.0950. The van der Waals surface area contributed by atoms with E-state index in [0.717, 1.165) is 44.3 Å². The number of piperidine rings is 1. The number of carbonyl (C=O) groups excluding carboxylic acids is 1. The van der Waals surface area contributed by atoms with Crippen molar-refractivity contribution in [2.24, 2.45) is 11.8 Å². The first-order chi connectivity index (χ1) is 10.8. The number of rotatable bonds is 7. The van der Waals surface area contributed by atoms with Crippen molar-refractivity contribution in [3.63, 3.8) is 0 Å². The minimum Gasteiger partial charge on any atom is -0.493 e. The molecule has 1 aliphatic heterocycles. The Labute approximate surface area is 132 Å². The van der Waals surface area contributed by atoms with E-state index in [9.17, 15) is 4.79 Å². The van der Waals surface area contributed by atoms with Crippen molar-refractivity contribution < 1.29 is 9.53 Å². The first-order valence-electron chi connectivity index (χ1n) is 8.53. The van der Waals surface area contributed by atoms with E-state index >= 15 is 0 Å². The lowest BCUT2D eigenvalue weighted by atomic mass is 9.96. The fourth-order valence-corrected chi connectivity index (χ4v) is 2.86. The fraction of sp³-hybridized carbons (Fsp3) is 0.611. The van der Waals surface area contributed by atoms with Gasteiger partial charge in [-0.05, 0) is 81.3 Å². The molecule has 2 fully saturated rings. The van der Waals surface area contributed by atoms with Gasteiger partial charge in [-0.25, -0.2) is 0 Å². The van der Waals surface area contributed by atoms with Gasteiger partial charge in [-0.1, -0.05) is 0 Å². The molecular formula is C18H26N2O2. The molecule has 0 radical (unpaired) electrons. The normalized spacial score (nSPS) is 21.4. The van der Waals surface area contributed by atoms with Crippen LogP contribution in [0.3, 0.4) is 0 Å². The molecule has 1 saturated carbocycles. The highest BCUT2D eigenvalue weighted by molar-refractivity contribution is 5.94. The molecule has 22 heavy (non-hydrogen) atoms. The highest BCUT2D eigenvalue weighted by Crippen LogP contribution is 2.29. The monoisotopic (exact) mass is 302 g/mol. The summed E-state index contributed by atoms with van der Waals surface area (Å²) in [7, 11) is 0. The Kier molecular flexibility index (Phi) is 5.33. The topological polar surface area (TPSA) is 50.4 Å².